The molecule has 0 unspecified atom stereocenters. The Balaban J connectivity index is 1.27. The predicted octanol–water partition coefficient (Wildman–Crippen LogP) is 5.41. The molecule has 9 heteroatoms. The standard InChI is InChI=1S/C29H29N5O3S/c1-17-5-6-20-13-21(8-7-19(20)11-17)24-15-34(32-31-24)25-12-18(2)37-28(27(25)36-4)29(35)33(3)22-9-10-23-26(14-22)38-16-30-23/h5-11,13-16,18,25,27-28H,12H2,1-4H3/t18-,25+,27-,28-/m1/s1. The molecule has 5 aromatic rings. The Bertz CT molecular complexity index is 1630. The third-order valence-corrected chi connectivity index (χ3v) is 8.11. The van der Waals surface area contributed by atoms with E-state index in [0.29, 0.717) is 6.42 Å². The number of methoxy groups -OCH3 is 1. The maximum atomic E-state index is 13.7. The molecule has 1 amide bonds. The van der Waals surface area contributed by atoms with Crippen molar-refractivity contribution >= 4 is 43.9 Å². The van der Waals surface area contributed by atoms with Crippen LogP contribution in [0.5, 0.6) is 0 Å². The van der Waals surface area contributed by atoms with E-state index in [0.717, 1.165) is 32.5 Å². The lowest BCUT2D eigenvalue weighted by Crippen LogP contribution is -2.54. The van der Waals surface area contributed by atoms with Crippen molar-refractivity contribution in [3.05, 3.63) is 71.9 Å². The van der Waals surface area contributed by atoms with Crippen molar-refractivity contribution in [3.8, 4) is 11.3 Å². The van der Waals surface area contributed by atoms with Crippen LogP contribution in [0.1, 0.15) is 24.9 Å². The Labute approximate surface area is 224 Å². The van der Waals surface area contributed by atoms with E-state index < -0.39 is 12.2 Å². The van der Waals surface area contributed by atoms with Crippen LogP contribution in [-0.4, -0.2) is 58.4 Å². The Kier molecular flexibility index (Phi) is 6.43. The van der Waals surface area contributed by atoms with Crippen LogP contribution in [0.15, 0.2) is 66.3 Å². The monoisotopic (exact) mass is 527 g/mol. The second kappa shape index (κ2) is 9.90. The number of nitrogens with zero attached hydrogens (tertiary/aromatic N) is 5. The zero-order valence-corrected chi connectivity index (χ0v) is 22.6. The van der Waals surface area contributed by atoms with Crippen molar-refractivity contribution < 1.29 is 14.3 Å². The molecule has 1 aliphatic rings. The van der Waals surface area contributed by atoms with Gasteiger partial charge >= 0.3 is 0 Å². The van der Waals surface area contributed by atoms with E-state index in [4.69, 9.17) is 9.47 Å². The van der Waals surface area contributed by atoms with E-state index in [1.165, 1.54) is 10.9 Å². The third kappa shape index (κ3) is 4.47. The summed E-state index contributed by atoms with van der Waals surface area (Å²) in [4.78, 5) is 19.7. The molecule has 1 saturated heterocycles. The molecular weight excluding hydrogens is 498 g/mol. The third-order valence-electron chi connectivity index (χ3n) is 7.32. The summed E-state index contributed by atoms with van der Waals surface area (Å²) in [7, 11) is 3.38. The minimum absolute atomic E-state index is 0.158. The first kappa shape index (κ1) is 24.7. The lowest BCUT2D eigenvalue weighted by molar-refractivity contribution is -0.167. The summed E-state index contributed by atoms with van der Waals surface area (Å²) < 4.78 is 14.9. The Morgan fingerprint density at radius 2 is 1.95 bits per heavy atom. The number of likely N-dealkylation sites (N-methyl/N-ethyl adjacent to an activating group) is 1. The molecule has 3 aromatic carbocycles. The van der Waals surface area contributed by atoms with Crippen LogP contribution in [-0.2, 0) is 14.3 Å². The van der Waals surface area contributed by atoms with Gasteiger partial charge in [-0.1, -0.05) is 41.1 Å². The second-order valence-corrected chi connectivity index (χ2v) is 10.8. The summed E-state index contributed by atoms with van der Waals surface area (Å²) in [6.07, 6.45) is 1.12. The largest absolute Gasteiger partial charge is 0.376 e. The number of thiazole rings is 1. The first-order chi connectivity index (χ1) is 18.4. The van der Waals surface area contributed by atoms with Crippen LogP contribution in [0.25, 0.3) is 32.2 Å². The van der Waals surface area contributed by atoms with Crippen molar-refractivity contribution in [2.24, 2.45) is 0 Å². The van der Waals surface area contributed by atoms with Crippen LogP contribution < -0.4 is 4.90 Å². The zero-order chi connectivity index (χ0) is 26.4. The highest BCUT2D eigenvalue weighted by molar-refractivity contribution is 7.16. The van der Waals surface area contributed by atoms with Gasteiger partial charge in [0.2, 0.25) is 0 Å². The summed E-state index contributed by atoms with van der Waals surface area (Å²) in [5, 5.41) is 11.3. The minimum atomic E-state index is -0.785. The molecular formula is C29H29N5O3S. The summed E-state index contributed by atoms with van der Waals surface area (Å²) in [6.45, 7) is 4.07. The van der Waals surface area contributed by atoms with Crippen molar-refractivity contribution in [2.75, 3.05) is 19.1 Å². The normalized spacial score (nSPS) is 21.7. The highest BCUT2D eigenvalue weighted by Crippen LogP contribution is 2.34. The molecule has 194 valence electrons. The summed E-state index contributed by atoms with van der Waals surface area (Å²) >= 11 is 1.55. The van der Waals surface area contributed by atoms with Gasteiger partial charge in [0.1, 0.15) is 11.8 Å². The van der Waals surface area contributed by atoms with Gasteiger partial charge in [0.05, 0.1) is 34.1 Å². The average molecular weight is 528 g/mol. The lowest BCUT2D eigenvalue weighted by atomic mass is 9.94. The SMILES string of the molecule is CO[C@H]1[C@H](C(=O)N(C)c2ccc3ncsc3c2)O[C@H](C)C[C@@H]1n1cc(-c2ccc3cc(C)ccc3c2)nn1. The van der Waals surface area contributed by atoms with E-state index in [1.54, 1.807) is 35.9 Å². The molecule has 3 heterocycles. The van der Waals surface area contributed by atoms with E-state index >= 15 is 0 Å². The molecule has 2 aromatic heterocycles. The molecule has 0 N–H and O–H groups in total. The molecule has 0 bridgehead atoms. The van der Waals surface area contributed by atoms with Gasteiger partial charge < -0.3 is 14.4 Å². The molecule has 1 fully saturated rings. The fourth-order valence-electron chi connectivity index (χ4n) is 5.26. The van der Waals surface area contributed by atoms with Gasteiger partial charge in [-0.05, 0) is 55.3 Å². The summed E-state index contributed by atoms with van der Waals surface area (Å²) in [6, 6.07) is 18.3. The molecule has 4 atom stereocenters. The van der Waals surface area contributed by atoms with Gasteiger partial charge in [-0.25, -0.2) is 9.67 Å². The van der Waals surface area contributed by atoms with Crippen LogP contribution in [0.2, 0.25) is 0 Å². The minimum Gasteiger partial charge on any atom is -0.376 e. The van der Waals surface area contributed by atoms with Gasteiger partial charge in [-0.2, -0.15) is 0 Å². The first-order valence-corrected chi connectivity index (χ1v) is 13.5. The van der Waals surface area contributed by atoms with Crippen LogP contribution in [0.4, 0.5) is 5.69 Å². The zero-order valence-electron chi connectivity index (χ0n) is 21.7. The van der Waals surface area contributed by atoms with Crippen molar-refractivity contribution in [1.82, 2.24) is 20.0 Å². The maximum absolute atomic E-state index is 13.7. The number of ether oxygens (including phenoxy) is 2. The predicted molar refractivity (Wildman–Crippen MR) is 150 cm³/mol. The molecule has 38 heavy (non-hydrogen) atoms. The van der Waals surface area contributed by atoms with E-state index in [9.17, 15) is 4.79 Å². The quantitative estimate of drug-likeness (QED) is 0.304. The Hall–Kier alpha value is -3.66. The Morgan fingerprint density at radius 1 is 1.13 bits per heavy atom. The van der Waals surface area contributed by atoms with E-state index in [2.05, 4.69) is 58.6 Å². The number of carbonyl (C=O) groups is 1. The number of aromatic nitrogens is 4. The number of benzene rings is 3. The smallest absolute Gasteiger partial charge is 0.258 e. The number of aryl methyl sites for hydroxylation is 1. The molecule has 0 saturated carbocycles. The number of fused-ring (bicyclic) bond motifs is 2. The van der Waals surface area contributed by atoms with E-state index in [-0.39, 0.29) is 18.1 Å². The average Bonchev–Trinajstić information content (AvgIpc) is 3.61. The second-order valence-electron chi connectivity index (χ2n) is 9.92. The van der Waals surface area contributed by atoms with Crippen molar-refractivity contribution in [2.45, 2.75) is 44.6 Å². The number of anilines is 1. The molecule has 0 radical (unpaired) electrons. The lowest BCUT2D eigenvalue weighted by Gasteiger charge is -2.40. The van der Waals surface area contributed by atoms with Gasteiger partial charge in [-0.3, -0.25) is 4.79 Å². The van der Waals surface area contributed by atoms with Gasteiger partial charge in [0.25, 0.3) is 5.91 Å². The number of rotatable bonds is 5. The topological polar surface area (TPSA) is 82.4 Å². The van der Waals surface area contributed by atoms with Crippen LogP contribution in [0, 0.1) is 6.92 Å². The van der Waals surface area contributed by atoms with Gasteiger partial charge in [-0.15, -0.1) is 16.4 Å². The van der Waals surface area contributed by atoms with Crippen LogP contribution >= 0.6 is 11.3 Å². The summed E-state index contributed by atoms with van der Waals surface area (Å²) in [5.41, 5.74) is 6.51. The molecule has 8 nitrogen and oxygen atoms in total. The Morgan fingerprint density at radius 3 is 2.79 bits per heavy atom. The highest BCUT2D eigenvalue weighted by atomic mass is 32.1. The molecule has 0 spiro atoms. The van der Waals surface area contributed by atoms with Crippen LogP contribution in [0.3, 0.4) is 0 Å². The highest BCUT2D eigenvalue weighted by Gasteiger charge is 2.44. The fraction of sp³-hybridized carbons (Fsp3) is 0.310. The number of hydrogen-bond donors (Lipinski definition) is 0. The molecule has 0 aliphatic carbocycles. The molecule has 1 aliphatic heterocycles. The first-order valence-electron chi connectivity index (χ1n) is 12.6. The van der Waals surface area contributed by atoms with Gasteiger partial charge in [0.15, 0.2) is 6.10 Å². The summed E-state index contributed by atoms with van der Waals surface area (Å²) in [5.74, 6) is -0.164. The number of carbonyl (C=O) groups excluding carboxylic acids is 1. The van der Waals surface area contributed by atoms with Crippen molar-refractivity contribution in [1.29, 1.82) is 0 Å². The molecule has 6 rings (SSSR count). The maximum Gasteiger partial charge on any atom is 0.258 e. The fourth-order valence-corrected chi connectivity index (χ4v) is 5.97. The number of amides is 1. The van der Waals surface area contributed by atoms with Crippen molar-refractivity contribution in [3.63, 3.8) is 0 Å². The number of hydrogen-bond acceptors (Lipinski definition) is 7. The van der Waals surface area contributed by atoms with Gasteiger partial charge in [0, 0.05) is 25.4 Å². The van der Waals surface area contributed by atoms with E-state index in [1.807, 2.05) is 36.0 Å².